The number of hydrogen-bond donors (Lipinski definition) is 2. The van der Waals surface area contributed by atoms with Crippen LogP contribution in [0.5, 0.6) is 0 Å². The highest BCUT2D eigenvalue weighted by atomic mass is 16.4. The van der Waals surface area contributed by atoms with Crippen LogP contribution in [0.1, 0.15) is 32.9 Å². The van der Waals surface area contributed by atoms with E-state index < -0.39 is 11.9 Å². The Labute approximate surface area is 108 Å². The molecule has 1 unspecified atom stereocenters. The van der Waals surface area contributed by atoms with Crippen LogP contribution in [-0.4, -0.2) is 27.6 Å². The molecule has 5 heteroatoms. The van der Waals surface area contributed by atoms with Crippen molar-refractivity contribution in [3.8, 4) is 0 Å². The highest BCUT2D eigenvalue weighted by molar-refractivity contribution is 5.71. The zero-order valence-electron chi connectivity index (χ0n) is 11.2. The van der Waals surface area contributed by atoms with E-state index in [1.165, 1.54) is 6.33 Å². The fourth-order valence-corrected chi connectivity index (χ4v) is 1.71. The highest BCUT2D eigenvalue weighted by Crippen LogP contribution is 2.13. The molecule has 0 saturated carbocycles. The number of aromatic nitrogens is 2. The summed E-state index contributed by atoms with van der Waals surface area (Å²) in [4.78, 5) is 19.3. The predicted octanol–water partition coefficient (Wildman–Crippen LogP) is 2.20. The van der Waals surface area contributed by atoms with Crippen LogP contribution in [0.15, 0.2) is 12.4 Å². The van der Waals surface area contributed by atoms with Gasteiger partial charge in [-0.15, -0.1) is 0 Å². The Hall–Kier alpha value is -1.65. The van der Waals surface area contributed by atoms with Gasteiger partial charge >= 0.3 is 5.97 Å². The average molecular weight is 251 g/mol. The molecule has 0 fully saturated rings. The number of rotatable bonds is 7. The lowest BCUT2D eigenvalue weighted by Gasteiger charge is -2.17. The molecule has 1 rings (SSSR count). The summed E-state index contributed by atoms with van der Waals surface area (Å²) in [5.74, 6) is -0.401. The van der Waals surface area contributed by atoms with E-state index in [1.54, 1.807) is 0 Å². The summed E-state index contributed by atoms with van der Waals surface area (Å²) >= 11 is 0. The zero-order chi connectivity index (χ0) is 13.5. The molecule has 0 saturated heterocycles. The van der Waals surface area contributed by atoms with Gasteiger partial charge in [-0.1, -0.05) is 27.2 Å². The van der Waals surface area contributed by atoms with Crippen LogP contribution < -0.4 is 5.32 Å². The predicted molar refractivity (Wildman–Crippen MR) is 70.5 cm³/mol. The molecule has 5 nitrogen and oxygen atoms in total. The minimum Gasteiger partial charge on any atom is -0.481 e. The van der Waals surface area contributed by atoms with Gasteiger partial charge in [-0.25, -0.2) is 9.97 Å². The molecule has 2 N–H and O–H groups in total. The van der Waals surface area contributed by atoms with Gasteiger partial charge in [0.05, 0.1) is 5.92 Å². The minimum absolute atomic E-state index is 0.0898. The third-order valence-electron chi connectivity index (χ3n) is 2.85. The molecule has 0 radical (unpaired) electrons. The largest absolute Gasteiger partial charge is 0.481 e. The van der Waals surface area contributed by atoms with Crippen molar-refractivity contribution in [2.75, 3.05) is 11.9 Å². The van der Waals surface area contributed by atoms with E-state index in [0.29, 0.717) is 12.4 Å². The summed E-state index contributed by atoms with van der Waals surface area (Å²) in [6, 6.07) is 1.88. The third kappa shape index (κ3) is 4.31. The topological polar surface area (TPSA) is 75.1 Å². The molecule has 0 aliphatic rings. The SMILES string of the molecule is CCCc1cc(NCC(C(=O)O)C(C)C)ncn1. The second kappa shape index (κ2) is 6.93. The molecule has 0 aromatic carbocycles. The summed E-state index contributed by atoms with van der Waals surface area (Å²) in [6.07, 6.45) is 3.45. The molecule has 0 bridgehead atoms. The minimum atomic E-state index is -0.777. The lowest BCUT2D eigenvalue weighted by Crippen LogP contribution is -2.27. The summed E-state index contributed by atoms with van der Waals surface area (Å²) < 4.78 is 0. The maximum atomic E-state index is 11.1. The number of aryl methyl sites for hydroxylation is 1. The van der Waals surface area contributed by atoms with Crippen molar-refractivity contribution in [1.82, 2.24) is 9.97 Å². The van der Waals surface area contributed by atoms with E-state index >= 15 is 0 Å². The van der Waals surface area contributed by atoms with Crippen LogP contribution in [0.25, 0.3) is 0 Å². The van der Waals surface area contributed by atoms with E-state index in [-0.39, 0.29) is 5.92 Å². The van der Waals surface area contributed by atoms with Crippen molar-refractivity contribution in [1.29, 1.82) is 0 Å². The van der Waals surface area contributed by atoms with Crippen LogP contribution in [0.3, 0.4) is 0 Å². The first-order valence-corrected chi connectivity index (χ1v) is 6.32. The van der Waals surface area contributed by atoms with E-state index in [2.05, 4.69) is 22.2 Å². The zero-order valence-corrected chi connectivity index (χ0v) is 11.2. The number of hydrogen-bond acceptors (Lipinski definition) is 4. The number of carboxylic acid groups (broad SMARTS) is 1. The van der Waals surface area contributed by atoms with E-state index in [4.69, 9.17) is 5.11 Å². The van der Waals surface area contributed by atoms with Crippen LogP contribution in [0.4, 0.5) is 5.82 Å². The highest BCUT2D eigenvalue weighted by Gasteiger charge is 2.21. The molecule has 18 heavy (non-hydrogen) atoms. The van der Waals surface area contributed by atoms with Crippen LogP contribution >= 0.6 is 0 Å². The maximum Gasteiger partial charge on any atom is 0.308 e. The van der Waals surface area contributed by atoms with Crippen molar-refractivity contribution in [2.45, 2.75) is 33.6 Å². The van der Waals surface area contributed by atoms with Crippen molar-refractivity contribution < 1.29 is 9.90 Å². The summed E-state index contributed by atoms with van der Waals surface area (Å²) in [6.45, 7) is 6.29. The van der Waals surface area contributed by atoms with Gasteiger partial charge in [0.15, 0.2) is 0 Å². The third-order valence-corrected chi connectivity index (χ3v) is 2.85. The first-order chi connectivity index (χ1) is 8.54. The van der Waals surface area contributed by atoms with Gasteiger partial charge in [0.2, 0.25) is 0 Å². The van der Waals surface area contributed by atoms with Gasteiger partial charge in [-0.05, 0) is 12.3 Å². The second-order valence-electron chi connectivity index (χ2n) is 4.71. The lowest BCUT2D eigenvalue weighted by molar-refractivity contribution is -0.142. The second-order valence-corrected chi connectivity index (χ2v) is 4.71. The van der Waals surface area contributed by atoms with Crippen LogP contribution in [0.2, 0.25) is 0 Å². The van der Waals surface area contributed by atoms with E-state index in [0.717, 1.165) is 18.5 Å². The fourth-order valence-electron chi connectivity index (χ4n) is 1.71. The molecular formula is C13H21N3O2. The Morgan fingerprint density at radius 2 is 2.17 bits per heavy atom. The molecule has 0 aliphatic carbocycles. The number of nitrogens with one attached hydrogen (secondary N) is 1. The van der Waals surface area contributed by atoms with Gasteiger partial charge < -0.3 is 10.4 Å². The maximum absolute atomic E-state index is 11.1. The normalized spacial score (nSPS) is 12.4. The van der Waals surface area contributed by atoms with Crippen molar-refractivity contribution in [3.63, 3.8) is 0 Å². The van der Waals surface area contributed by atoms with Crippen LogP contribution in [0, 0.1) is 11.8 Å². The average Bonchev–Trinajstić information content (AvgIpc) is 2.29. The Morgan fingerprint density at radius 1 is 1.44 bits per heavy atom. The molecule has 0 aliphatic heterocycles. The van der Waals surface area contributed by atoms with E-state index in [9.17, 15) is 4.79 Å². The van der Waals surface area contributed by atoms with Crippen LogP contribution in [-0.2, 0) is 11.2 Å². The number of aliphatic carboxylic acids is 1. The van der Waals surface area contributed by atoms with Gasteiger partial charge in [0.1, 0.15) is 12.1 Å². The van der Waals surface area contributed by atoms with Gasteiger partial charge in [-0.2, -0.15) is 0 Å². The first kappa shape index (κ1) is 14.4. The van der Waals surface area contributed by atoms with Crippen molar-refractivity contribution in [2.24, 2.45) is 11.8 Å². The first-order valence-electron chi connectivity index (χ1n) is 6.32. The van der Waals surface area contributed by atoms with Crippen molar-refractivity contribution >= 4 is 11.8 Å². The van der Waals surface area contributed by atoms with E-state index in [1.807, 2.05) is 19.9 Å². The fraction of sp³-hybridized carbons (Fsp3) is 0.615. The monoisotopic (exact) mass is 251 g/mol. The molecule has 0 amide bonds. The Kier molecular flexibility index (Phi) is 5.55. The molecule has 1 aromatic rings. The van der Waals surface area contributed by atoms with Gasteiger partial charge in [0.25, 0.3) is 0 Å². The number of carboxylic acids is 1. The summed E-state index contributed by atoms with van der Waals surface area (Å²) in [7, 11) is 0. The quantitative estimate of drug-likeness (QED) is 0.777. The smallest absolute Gasteiger partial charge is 0.308 e. The molecule has 1 aromatic heterocycles. The number of carbonyl (C=O) groups is 1. The Balaban J connectivity index is 2.61. The van der Waals surface area contributed by atoms with Gasteiger partial charge in [0, 0.05) is 18.3 Å². The number of nitrogens with zero attached hydrogens (tertiary/aromatic N) is 2. The Bertz CT molecular complexity index is 394. The summed E-state index contributed by atoms with van der Waals surface area (Å²) in [5.41, 5.74) is 0.978. The van der Waals surface area contributed by atoms with Crippen molar-refractivity contribution in [3.05, 3.63) is 18.1 Å². The number of anilines is 1. The molecule has 1 heterocycles. The molecule has 0 spiro atoms. The standard InChI is InChI=1S/C13H21N3O2/c1-4-5-10-6-12(16-8-15-10)14-7-11(9(2)3)13(17)18/h6,8-9,11H,4-5,7H2,1-3H3,(H,17,18)(H,14,15,16). The molecular weight excluding hydrogens is 230 g/mol. The van der Waals surface area contributed by atoms with Gasteiger partial charge in [-0.3, -0.25) is 4.79 Å². The molecule has 100 valence electrons. The summed E-state index contributed by atoms with van der Waals surface area (Å²) in [5, 5.41) is 12.2. The Morgan fingerprint density at radius 3 is 2.72 bits per heavy atom. The lowest BCUT2D eigenvalue weighted by atomic mass is 9.96. The molecule has 1 atom stereocenters.